The average molecular weight is 258 g/mol. The third kappa shape index (κ3) is 6.51. The van der Waals surface area contributed by atoms with Crippen LogP contribution in [0.2, 0.25) is 0 Å². The van der Waals surface area contributed by atoms with Gasteiger partial charge >= 0.3 is 5.97 Å². The fraction of sp³-hybridized carbons (Fsp3) is 0.692. The molecular formula is C13H24NO4+. The number of aliphatic carboxylic acids is 1. The Hall–Kier alpha value is -1.20. The molecule has 0 saturated carbocycles. The summed E-state index contributed by atoms with van der Waals surface area (Å²) in [4.78, 5) is 22.7. The van der Waals surface area contributed by atoms with E-state index in [0.717, 1.165) is 12.8 Å². The number of carboxylic acid groups (broad SMARTS) is 1. The van der Waals surface area contributed by atoms with Gasteiger partial charge in [0.25, 0.3) is 0 Å². The highest BCUT2D eigenvalue weighted by Gasteiger charge is 2.41. The van der Waals surface area contributed by atoms with E-state index in [-0.39, 0.29) is 6.54 Å². The minimum Gasteiger partial charge on any atom is -0.481 e. The summed E-state index contributed by atoms with van der Waals surface area (Å²) >= 11 is 0. The number of rotatable bonds is 8. The first kappa shape index (κ1) is 16.8. The average Bonchev–Trinajstić information content (AvgIpc) is 2.13. The van der Waals surface area contributed by atoms with Gasteiger partial charge in [0, 0.05) is 0 Å². The molecule has 0 aliphatic carbocycles. The predicted molar refractivity (Wildman–Crippen MR) is 69.2 cm³/mol. The number of nitrogens with zero attached hydrogens (tertiary/aromatic N) is 1. The summed E-state index contributed by atoms with van der Waals surface area (Å²) < 4.78 is 0.317. The summed E-state index contributed by atoms with van der Waals surface area (Å²) in [7, 11) is 5.40. The van der Waals surface area contributed by atoms with Gasteiger partial charge in [-0.2, -0.15) is 0 Å². The summed E-state index contributed by atoms with van der Waals surface area (Å²) in [5.41, 5.74) is -1.84. The first-order chi connectivity index (χ1) is 8.10. The molecule has 0 aliphatic heterocycles. The van der Waals surface area contributed by atoms with Gasteiger partial charge < -0.3 is 14.7 Å². The molecule has 0 fully saturated rings. The molecule has 2 N–H and O–H groups in total. The highest BCUT2D eigenvalue weighted by molar-refractivity contribution is 5.99. The second kappa shape index (κ2) is 6.66. The number of aliphatic hydroxyl groups is 1. The van der Waals surface area contributed by atoms with E-state index < -0.39 is 23.8 Å². The van der Waals surface area contributed by atoms with Crippen molar-refractivity contribution in [3.63, 3.8) is 0 Å². The van der Waals surface area contributed by atoms with E-state index in [1.165, 1.54) is 6.08 Å². The van der Waals surface area contributed by atoms with E-state index in [9.17, 15) is 14.7 Å². The normalized spacial score (nSPS) is 15.6. The predicted octanol–water partition coefficient (Wildman–Crippen LogP) is 0.824. The SMILES string of the molecule is CCCC=CC(=O)C(O)(CC(=O)O)C[N+](C)(C)C. The van der Waals surface area contributed by atoms with Gasteiger partial charge in [-0.3, -0.25) is 9.59 Å². The number of ketones is 1. The standard InChI is InChI=1S/C13H23NO4/c1-5-6-7-8-11(15)13(18,9-12(16)17)10-14(2,3)4/h7-8,18H,5-6,9-10H2,1-4H3/p+1. The highest BCUT2D eigenvalue weighted by Crippen LogP contribution is 2.17. The van der Waals surface area contributed by atoms with Crippen LogP contribution in [0, 0.1) is 0 Å². The zero-order valence-corrected chi connectivity index (χ0v) is 11.6. The lowest BCUT2D eigenvalue weighted by molar-refractivity contribution is -0.875. The van der Waals surface area contributed by atoms with Crippen LogP contribution in [0.5, 0.6) is 0 Å². The lowest BCUT2D eigenvalue weighted by Crippen LogP contribution is -2.54. The molecule has 5 nitrogen and oxygen atoms in total. The summed E-state index contributed by atoms with van der Waals surface area (Å²) in [5.74, 6) is -1.71. The van der Waals surface area contributed by atoms with E-state index in [2.05, 4.69) is 0 Å². The molecule has 0 aromatic carbocycles. The van der Waals surface area contributed by atoms with E-state index in [0.29, 0.717) is 4.48 Å². The van der Waals surface area contributed by atoms with Crippen molar-refractivity contribution in [1.82, 2.24) is 0 Å². The molecule has 0 aromatic heterocycles. The largest absolute Gasteiger partial charge is 0.481 e. The van der Waals surface area contributed by atoms with Crippen molar-refractivity contribution in [3.8, 4) is 0 Å². The van der Waals surface area contributed by atoms with Crippen LogP contribution >= 0.6 is 0 Å². The monoisotopic (exact) mass is 258 g/mol. The van der Waals surface area contributed by atoms with Crippen molar-refractivity contribution >= 4 is 11.8 Å². The number of likely N-dealkylation sites (N-methyl/N-ethyl adjacent to an activating group) is 1. The van der Waals surface area contributed by atoms with Crippen molar-refractivity contribution in [3.05, 3.63) is 12.2 Å². The summed E-state index contributed by atoms with van der Waals surface area (Å²) in [6.45, 7) is 2.04. The molecule has 0 radical (unpaired) electrons. The molecule has 0 amide bonds. The molecule has 0 heterocycles. The Balaban J connectivity index is 4.96. The molecule has 0 bridgehead atoms. The van der Waals surface area contributed by atoms with Crippen LogP contribution in [0.1, 0.15) is 26.2 Å². The molecular weight excluding hydrogens is 234 g/mol. The smallest absolute Gasteiger partial charge is 0.307 e. The number of unbranched alkanes of at least 4 members (excludes halogenated alkanes) is 1. The zero-order chi connectivity index (χ0) is 14.4. The number of carboxylic acids is 1. The third-order valence-electron chi connectivity index (χ3n) is 2.36. The van der Waals surface area contributed by atoms with Crippen LogP contribution < -0.4 is 0 Å². The number of carbonyl (C=O) groups is 2. The van der Waals surface area contributed by atoms with E-state index in [1.807, 2.05) is 6.92 Å². The van der Waals surface area contributed by atoms with Crippen LogP contribution in [0.15, 0.2) is 12.2 Å². The molecule has 0 spiro atoms. The van der Waals surface area contributed by atoms with Crippen LogP contribution in [-0.4, -0.2) is 59.7 Å². The summed E-state index contributed by atoms with van der Waals surface area (Å²) in [6.07, 6.45) is 4.03. The first-order valence-electron chi connectivity index (χ1n) is 6.06. The van der Waals surface area contributed by atoms with Crippen molar-refractivity contribution in [2.45, 2.75) is 31.8 Å². The van der Waals surface area contributed by atoms with Crippen LogP contribution in [-0.2, 0) is 9.59 Å². The van der Waals surface area contributed by atoms with Gasteiger partial charge in [-0.25, -0.2) is 0 Å². The van der Waals surface area contributed by atoms with Gasteiger partial charge in [-0.05, 0) is 12.5 Å². The van der Waals surface area contributed by atoms with Gasteiger partial charge in [-0.1, -0.05) is 19.4 Å². The van der Waals surface area contributed by atoms with Crippen LogP contribution in [0.3, 0.4) is 0 Å². The quantitative estimate of drug-likeness (QED) is 0.499. The van der Waals surface area contributed by atoms with Gasteiger partial charge in [0.1, 0.15) is 6.54 Å². The summed E-state index contributed by atoms with van der Waals surface area (Å²) in [6, 6.07) is 0. The van der Waals surface area contributed by atoms with E-state index in [1.54, 1.807) is 27.2 Å². The van der Waals surface area contributed by atoms with E-state index >= 15 is 0 Å². The second-order valence-electron chi connectivity index (χ2n) is 5.61. The molecule has 5 heteroatoms. The Kier molecular flexibility index (Phi) is 6.21. The lowest BCUT2D eigenvalue weighted by atomic mass is 9.92. The van der Waals surface area contributed by atoms with Crippen molar-refractivity contribution in [2.75, 3.05) is 27.7 Å². The Morgan fingerprint density at radius 1 is 1.28 bits per heavy atom. The van der Waals surface area contributed by atoms with Gasteiger partial charge in [-0.15, -0.1) is 0 Å². The molecule has 18 heavy (non-hydrogen) atoms. The maximum Gasteiger partial charge on any atom is 0.307 e. The Bertz CT molecular complexity index is 330. The molecule has 0 rings (SSSR count). The van der Waals surface area contributed by atoms with Crippen molar-refractivity contribution < 1.29 is 24.3 Å². The van der Waals surface area contributed by atoms with Crippen LogP contribution in [0.25, 0.3) is 0 Å². The van der Waals surface area contributed by atoms with E-state index in [4.69, 9.17) is 5.11 Å². The number of hydrogen-bond donors (Lipinski definition) is 2. The maximum absolute atomic E-state index is 11.9. The number of hydrogen-bond acceptors (Lipinski definition) is 3. The Morgan fingerprint density at radius 3 is 2.22 bits per heavy atom. The molecule has 0 aliphatic rings. The number of quaternary nitrogens is 1. The second-order valence-corrected chi connectivity index (χ2v) is 5.61. The maximum atomic E-state index is 11.9. The zero-order valence-electron chi connectivity index (χ0n) is 11.6. The van der Waals surface area contributed by atoms with Gasteiger partial charge in [0.2, 0.25) is 0 Å². The van der Waals surface area contributed by atoms with Crippen LogP contribution in [0.4, 0.5) is 0 Å². The molecule has 1 atom stereocenters. The molecule has 1 unspecified atom stereocenters. The van der Waals surface area contributed by atoms with Gasteiger partial charge in [0.05, 0.1) is 27.6 Å². The van der Waals surface area contributed by atoms with Crippen molar-refractivity contribution in [2.24, 2.45) is 0 Å². The van der Waals surface area contributed by atoms with Gasteiger partial charge in [0.15, 0.2) is 11.4 Å². The molecule has 0 aromatic rings. The summed E-state index contributed by atoms with van der Waals surface area (Å²) in [5, 5.41) is 19.1. The topological polar surface area (TPSA) is 74.6 Å². The number of carbonyl (C=O) groups excluding carboxylic acids is 1. The van der Waals surface area contributed by atoms with Crippen molar-refractivity contribution in [1.29, 1.82) is 0 Å². The Labute approximate surface area is 108 Å². The minimum atomic E-state index is -1.84. The molecule has 0 saturated heterocycles. The minimum absolute atomic E-state index is 0.0641. The number of allylic oxidation sites excluding steroid dienone is 1. The Morgan fingerprint density at radius 2 is 1.83 bits per heavy atom. The fourth-order valence-corrected chi connectivity index (χ4v) is 1.77. The highest BCUT2D eigenvalue weighted by atomic mass is 16.4. The fourth-order valence-electron chi connectivity index (χ4n) is 1.77. The lowest BCUT2D eigenvalue weighted by Gasteiger charge is -2.33. The first-order valence-corrected chi connectivity index (χ1v) is 6.06. The third-order valence-corrected chi connectivity index (χ3v) is 2.36. The molecule has 104 valence electrons.